The number of methoxy groups -OCH3 is 2. The summed E-state index contributed by atoms with van der Waals surface area (Å²) in [5.41, 5.74) is 2.20. The lowest BCUT2D eigenvalue weighted by molar-refractivity contribution is -0.115. The van der Waals surface area contributed by atoms with Gasteiger partial charge in [-0.05, 0) is 12.1 Å². The Bertz CT molecular complexity index is 823. The van der Waals surface area contributed by atoms with Crippen LogP contribution >= 0.6 is 11.8 Å². The SMILES string of the molecule is COc1cc(NC(=O)CCSc2nc3ccccc3o2)cc(OC)c1. The highest BCUT2D eigenvalue weighted by atomic mass is 32.2. The Morgan fingerprint density at radius 3 is 2.56 bits per heavy atom. The molecule has 0 saturated heterocycles. The Balaban J connectivity index is 1.54. The van der Waals surface area contributed by atoms with Crippen molar-refractivity contribution in [2.24, 2.45) is 0 Å². The van der Waals surface area contributed by atoms with Crippen molar-refractivity contribution < 1.29 is 18.7 Å². The number of anilines is 1. The quantitative estimate of drug-likeness (QED) is 0.644. The number of nitrogens with one attached hydrogen (secondary N) is 1. The summed E-state index contributed by atoms with van der Waals surface area (Å²) >= 11 is 1.41. The number of nitrogens with zero attached hydrogens (tertiary/aromatic N) is 1. The summed E-state index contributed by atoms with van der Waals surface area (Å²) in [6.07, 6.45) is 0.336. The zero-order chi connectivity index (χ0) is 17.6. The molecule has 0 saturated carbocycles. The molecule has 6 nitrogen and oxygen atoms in total. The molecule has 0 unspecified atom stereocenters. The zero-order valence-corrected chi connectivity index (χ0v) is 14.8. The molecular formula is C18H18N2O4S. The van der Waals surface area contributed by atoms with E-state index in [0.717, 1.165) is 11.1 Å². The summed E-state index contributed by atoms with van der Waals surface area (Å²) in [6, 6.07) is 12.8. The van der Waals surface area contributed by atoms with E-state index in [1.807, 2.05) is 24.3 Å². The number of fused-ring (bicyclic) bond motifs is 1. The molecule has 0 aliphatic rings. The molecule has 1 aromatic heterocycles. The number of amides is 1. The predicted molar refractivity (Wildman–Crippen MR) is 97.5 cm³/mol. The fourth-order valence-electron chi connectivity index (χ4n) is 2.25. The van der Waals surface area contributed by atoms with Crippen molar-refractivity contribution in [2.75, 3.05) is 25.3 Å². The van der Waals surface area contributed by atoms with Gasteiger partial charge >= 0.3 is 0 Å². The number of thioether (sulfide) groups is 1. The number of carbonyl (C=O) groups is 1. The van der Waals surface area contributed by atoms with Crippen LogP contribution in [0.2, 0.25) is 0 Å². The molecule has 1 N–H and O–H groups in total. The van der Waals surface area contributed by atoms with Gasteiger partial charge in [0.25, 0.3) is 5.22 Å². The van der Waals surface area contributed by atoms with Crippen molar-refractivity contribution in [2.45, 2.75) is 11.6 Å². The first-order chi connectivity index (χ1) is 12.2. The van der Waals surface area contributed by atoms with Crippen LogP contribution in [0.4, 0.5) is 5.69 Å². The fraction of sp³-hybridized carbons (Fsp3) is 0.222. The highest BCUT2D eigenvalue weighted by Gasteiger charge is 2.09. The maximum atomic E-state index is 12.1. The van der Waals surface area contributed by atoms with Crippen LogP contribution in [0.25, 0.3) is 11.1 Å². The van der Waals surface area contributed by atoms with E-state index in [9.17, 15) is 4.79 Å². The number of benzene rings is 2. The topological polar surface area (TPSA) is 73.6 Å². The Morgan fingerprint density at radius 2 is 1.88 bits per heavy atom. The van der Waals surface area contributed by atoms with Gasteiger partial charge in [0, 0.05) is 36.1 Å². The van der Waals surface area contributed by atoms with Crippen LogP contribution in [0.1, 0.15) is 6.42 Å². The maximum absolute atomic E-state index is 12.1. The highest BCUT2D eigenvalue weighted by molar-refractivity contribution is 7.99. The van der Waals surface area contributed by atoms with Crippen LogP contribution in [0.15, 0.2) is 52.1 Å². The molecule has 7 heteroatoms. The van der Waals surface area contributed by atoms with Gasteiger partial charge in [0.05, 0.1) is 14.2 Å². The number of ether oxygens (including phenoxy) is 2. The first-order valence-corrected chi connectivity index (χ1v) is 8.68. The normalized spacial score (nSPS) is 10.6. The zero-order valence-electron chi connectivity index (χ0n) is 13.9. The molecule has 130 valence electrons. The van der Waals surface area contributed by atoms with E-state index in [2.05, 4.69) is 10.3 Å². The molecule has 3 rings (SSSR count). The van der Waals surface area contributed by atoms with Gasteiger partial charge in [0.2, 0.25) is 5.91 Å². The van der Waals surface area contributed by atoms with Crippen LogP contribution in [-0.4, -0.2) is 30.9 Å². The lowest BCUT2D eigenvalue weighted by Crippen LogP contribution is -2.12. The number of para-hydroxylation sites is 2. The molecule has 1 amide bonds. The molecule has 0 spiro atoms. The maximum Gasteiger partial charge on any atom is 0.256 e. The van der Waals surface area contributed by atoms with E-state index < -0.39 is 0 Å². The van der Waals surface area contributed by atoms with Crippen molar-refractivity contribution in [1.82, 2.24) is 4.98 Å². The van der Waals surface area contributed by atoms with Gasteiger partial charge < -0.3 is 19.2 Å². The predicted octanol–water partition coefficient (Wildman–Crippen LogP) is 3.97. The minimum absolute atomic E-state index is 0.0982. The average Bonchev–Trinajstić information content (AvgIpc) is 3.04. The van der Waals surface area contributed by atoms with Crippen LogP contribution < -0.4 is 14.8 Å². The van der Waals surface area contributed by atoms with E-state index >= 15 is 0 Å². The van der Waals surface area contributed by atoms with Crippen molar-refractivity contribution >= 4 is 34.5 Å². The van der Waals surface area contributed by atoms with Gasteiger partial charge in [0.1, 0.15) is 17.0 Å². The Kier molecular flexibility index (Phi) is 5.45. The second kappa shape index (κ2) is 7.94. The molecule has 1 heterocycles. The molecule has 0 radical (unpaired) electrons. The molecule has 3 aromatic rings. The number of carbonyl (C=O) groups excluding carboxylic acids is 1. The minimum atomic E-state index is -0.0982. The van der Waals surface area contributed by atoms with E-state index in [1.54, 1.807) is 32.4 Å². The third-order valence-corrected chi connectivity index (χ3v) is 4.29. The minimum Gasteiger partial charge on any atom is -0.497 e. The number of rotatable bonds is 7. The molecule has 2 aromatic carbocycles. The van der Waals surface area contributed by atoms with E-state index in [1.165, 1.54) is 11.8 Å². The molecule has 0 atom stereocenters. The average molecular weight is 358 g/mol. The van der Waals surface area contributed by atoms with Crippen LogP contribution in [-0.2, 0) is 4.79 Å². The summed E-state index contributed by atoms with van der Waals surface area (Å²) in [4.78, 5) is 16.5. The summed E-state index contributed by atoms with van der Waals surface area (Å²) in [6.45, 7) is 0. The Labute approximate surface area is 149 Å². The molecule has 0 bridgehead atoms. The largest absolute Gasteiger partial charge is 0.497 e. The Hall–Kier alpha value is -2.67. The first kappa shape index (κ1) is 17.2. The van der Waals surface area contributed by atoms with Gasteiger partial charge in [-0.2, -0.15) is 0 Å². The number of hydrogen-bond acceptors (Lipinski definition) is 6. The van der Waals surface area contributed by atoms with Crippen molar-refractivity contribution in [3.05, 3.63) is 42.5 Å². The Morgan fingerprint density at radius 1 is 1.16 bits per heavy atom. The molecule has 0 aliphatic carbocycles. The first-order valence-electron chi connectivity index (χ1n) is 7.69. The van der Waals surface area contributed by atoms with Gasteiger partial charge in [-0.15, -0.1) is 0 Å². The van der Waals surface area contributed by atoms with Crippen molar-refractivity contribution in [3.63, 3.8) is 0 Å². The van der Waals surface area contributed by atoms with Crippen LogP contribution in [0.5, 0.6) is 11.5 Å². The van der Waals surface area contributed by atoms with Gasteiger partial charge in [-0.3, -0.25) is 4.79 Å². The van der Waals surface area contributed by atoms with Crippen molar-refractivity contribution in [3.8, 4) is 11.5 Å². The molecular weight excluding hydrogens is 340 g/mol. The van der Waals surface area contributed by atoms with Crippen LogP contribution in [0, 0.1) is 0 Å². The highest BCUT2D eigenvalue weighted by Crippen LogP contribution is 2.26. The summed E-state index contributed by atoms with van der Waals surface area (Å²) in [5.74, 6) is 1.71. The standard InChI is InChI=1S/C18H18N2O4S/c1-22-13-9-12(10-14(11-13)23-2)19-17(21)7-8-25-18-20-15-5-3-4-6-16(15)24-18/h3-6,9-11H,7-8H2,1-2H3,(H,19,21). The van der Waals surface area contributed by atoms with Crippen LogP contribution in [0.3, 0.4) is 0 Å². The van der Waals surface area contributed by atoms with E-state index in [0.29, 0.717) is 34.6 Å². The van der Waals surface area contributed by atoms with Gasteiger partial charge in [0.15, 0.2) is 5.58 Å². The third-order valence-electron chi connectivity index (χ3n) is 3.46. The second-order valence-corrected chi connectivity index (χ2v) is 6.24. The lowest BCUT2D eigenvalue weighted by Gasteiger charge is -2.09. The fourth-order valence-corrected chi connectivity index (χ4v) is 3.02. The van der Waals surface area contributed by atoms with E-state index in [4.69, 9.17) is 13.9 Å². The third kappa shape index (κ3) is 4.45. The number of aromatic nitrogens is 1. The van der Waals surface area contributed by atoms with E-state index in [-0.39, 0.29) is 5.91 Å². The number of oxazole rings is 1. The summed E-state index contributed by atoms with van der Waals surface area (Å²) < 4.78 is 16.0. The second-order valence-electron chi connectivity index (χ2n) is 5.20. The molecule has 0 fully saturated rings. The lowest BCUT2D eigenvalue weighted by atomic mass is 10.2. The monoisotopic (exact) mass is 358 g/mol. The molecule has 0 aliphatic heterocycles. The van der Waals surface area contributed by atoms with Gasteiger partial charge in [-0.25, -0.2) is 4.98 Å². The summed E-state index contributed by atoms with van der Waals surface area (Å²) in [5, 5.41) is 3.41. The summed E-state index contributed by atoms with van der Waals surface area (Å²) in [7, 11) is 3.13. The van der Waals surface area contributed by atoms with Gasteiger partial charge in [-0.1, -0.05) is 23.9 Å². The van der Waals surface area contributed by atoms with Crippen molar-refractivity contribution in [1.29, 1.82) is 0 Å². The number of hydrogen-bond donors (Lipinski definition) is 1. The smallest absolute Gasteiger partial charge is 0.256 e. The molecule has 25 heavy (non-hydrogen) atoms.